The molecule has 1 aliphatic heterocycles. The molecule has 0 N–H and O–H groups in total. The van der Waals surface area contributed by atoms with Gasteiger partial charge in [-0.1, -0.05) is 37.3 Å². The molecule has 2 rings (SSSR count). The van der Waals surface area contributed by atoms with Gasteiger partial charge in [-0.3, -0.25) is 4.79 Å². The van der Waals surface area contributed by atoms with Crippen LogP contribution in [0, 0.1) is 5.92 Å². The van der Waals surface area contributed by atoms with Crippen LogP contribution in [-0.2, 0) is 20.9 Å². The van der Waals surface area contributed by atoms with Crippen molar-refractivity contribution in [2.45, 2.75) is 19.6 Å². The van der Waals surface area contributed by atoms with Crippen molar-refractivity contribution in [3.8, 4) is 0 Å². The van der Waals surface area contributed by atoms with Crippen molar-refractivity contribution in [3.63, 3.8) is 0 Å². The van der Waals surface area contributed by atoms with E-state index in [0.717, 1.165) is 5.56 Å². The standard InChI is InChI=1S/C14H16O3/c1-11-13(15)7-8-17-14(11)10-16-9-12-5-3-2-4-6-12/h2-8,11,14H,9-10H2,1H3. The summed E-state index contributed by atoms with van der Waals surface area (Å²) in [6.07, 6.45) is 2.76. The largest absolute Gasteiger partial charge is 0.495 e. The maximum absolute atomic E-state index is 11.4. The molecule has 2 atom stereocenters. The fourth-order valence-corrected chi connectivity index (χ4v) is 1.71. The van der Waals surface area contributed by atoms with Crippen LogP contribution in [0.5, 0.6) is 0 Å². The summed E-state index contributed by atoms with van der Waals surface area (Å²) in [4.78, 5) is 11.4. The molecule has 0 aliphatic carbocycles. The van der Waals surface area contributed by atoms with Crippen LogP contribution in [0.3, 0.4) is 0 Å². The lowest BCUT2D eigenvalue weighted by atomic mass is 9.98. The Hall–Kier alpha value is -1.61. The SMILES string of the molecule is CC1C(=O)C=COC1COCc1ccccc1. The predicted molar refractivity (Wildman–Crippen MR) is 64.3 cm³/mol. The highest BCUT2D eigenvalue weighted by molar-refractivity contribution is 5.92. The minimum atomic E-state index is -0.170. The lowest BCUT2D eigenvalue weighted by Gasteiger charge is -2.24. The second-order valence-corrected chi connectivity index (χ2v) is 4.17. The number of rotatable bonds is 4. The molecule has 0 saturated carbocycles. The van der Waals surface area contributed by atoms with E-state index in [0.29, 0.717) is 13.2 Å². The molecule has 0 bridgehead atoms. The third-order valence-corrected chi connectivity index (χ3v) is 2.89. The van der Waals surface area contributed by atoms with Crippen molar-refractivity contribution in [2.75, 3.05) is 6.61 Å². The third kappa shape index (κ3) is 3.17. The molecular formula is C14H16O3. The van der Waals surface area contributed by atoms with E-state index in [-0.39, 0.29) is 17.8 Å². The lowest BCUT2D eigenvalue weighted by Crippen LogP contribution is -2.33. The monoisotopic (exact) mass is 232 g/mol. The average Bonchev–Trinajstić information content (AvgIpc) is 2.36. The molecule has 1 aliphatic rings. The van der Waals surface area contributed by atoms with Gasteiger partial charge in [0.1, 0.15) is 6.10 Å². The van der Waals surface area contributed by atoms with Gasteiger partial charge in [-0.2, -0.15) is 0 Å². The summed E-state index contributed by atoms with van der Waals surface area (Å²) >= 11 is 0. The van der Waals surface area contributed by atoms with E-state index in [2.05, 4.69) is 0 Å². The highest BCUT2D eigenvalue weighted by atomic mass is 16.5. The van der Waals surface area contributed by atoms with Crippen LogP contribution in [-0.4, -0.2) is 18.5 Å². The van der Waals surface area contributed by atoms with Crippen LogP contribution in [0.4, 0.5) is 0 Å². The van der Waals surface area contributed by atoms with Crippen LogP contribution < -0.4 is 0 Å². The Morgan fingerprint density at radius 1 is 1.29 bits per heavy atom. The molecule has 0 fully saturated rings. The zero-order valence-corrected chi connectivity index (χ0v) is 9.84. The van der Waals surface area contributed by atoms with E-state index >= 15 is 0 Å². The van der Waals surface area contributed by atoms with E-state index in [9.17, 15) is 4.79 Å². The Morgan fingerprint density at radius 3 is 2.82 bits per heavy atom. The van der Waals surface area contributed by atoms with Gasteiger partial charge >= 0.3 is 0 Å². The zero-order chi connectivity index (χ0) is 12.1. The van der Waals surface area contributed by atoms with Crippen molar-refractivity contribution in [1.29, 1.82) is 0 Å². The Bertz CT molecular complexity index is 397. The third-order valence-electron chi connectivity index (χ3n) is 2.89. The zero-order valence-electron chi connectivity index (χ0n) is 9.84. The van der Waals surface area contributed by atoms with E-state index in [1.807, 2.05) is 37.3 Å². The van der Waals surface area contributed by atoms with E-state index < -0.39 is 0 Å². The molecule has 1 aromatic carbocycles. The van der Waals surface area contributed by atoms with Gasteiger partial charge in [0.25, 0.3) is 0 Å². The topological polar surface area (TPSA) is 35.5 Å². The van der Waals surface area contributed by atoms with Gasteiger partial charge in [-0.25, -0.2) is 0 Å². The van der Waals surface area contributed by atoms with Gasteiger partial charge < -0.3 is 9.47 Å². The van der Waals surface area contributed by atoms with Gasteiger partial charge in [-0.05, 0) is 5.56 Å². The number of carbonyl (C=O) groups is 1. The first kappa shape index (κ1) is 11.9. The number of ether oxygens (including phenoxy) is 2. The molecular weight excluding hydrogens is 216 g/mol. The minimum absolute atomic E-state index is 0.101. The van der Waals surface area contributed by atoms with Gasteiger partial charge in [0.2, 0.25) is 0 Å². The van der Waals surface area contributed by atoms with E-state index in [4.69, 9.17) is 9.47 Å². The van der Waals surface area contributed by atoms with Crippen molar-refractivity contribution in [2.24, 2.45) is 5.92 Å². The summed E-state index contributed by atoms with van der Waals surface area (Å²) in [5.74, 6) is -0.0275. The van der Waals surface area contributed by atoms with Gasteiger partial charge in [0.15, 0.2) is 5.78 Å². The summed E-state index contributed by atoms with van der Waals surface area (Å²) in [5.41, 5.74) is 1.12. The number of hydrogen-bond acceptors (Lipinski definition) is 3. The smallest absolute Gasteiger partial charge is 0.165 e. The average molecular weight is 232 g/mol. The van der Waals surface area contributed by atoms with E-state index in [1.54, 1.807) is 0 Å². The summed E-state index contributed by atoms with van der Waals surface area (Å²) in [6, 6.07) is 9.95. The van der Waals surface area contributed by atoms with Crippen LogP contribution in [0.25, 0.3) is 0 Å². The summed E-state index contributed by atoms with van der Waals surface area (Å²) in [6.45, 7) is 2.85. The lowest BCUT2D eigenvalue weighted by molar-refractivity contribution is -0.125. The van der Waals surface area contributed by atoms with Crippen molar-refractivity contribution >= 4 is 5.78 Å². The maximum Gasteiger partial charge on any atom is 0.165 e. The minimum Gasteiger partial charge on any atom is -0.495 e. The molecule has 17 heavy (non-hydrogen) atoms. The van der Waals surface area contributed by atoms with Gasteiger partial charge in [0, 0.05) is 6.08 Å². The van der Waals surface area contributed by atoms with Crippen molar-refractivity contribution in [3.05, 3.63) is 48.2 Å². The maximum atomic E-state index is 11.4. The quantitative estimate of drug-likeness (QED) is 0.799. The van der Waals surface area contributed by atoms with Crippen LogP contribution >= 0.6 is 0 Å². The van der Waals surface area contributed by atoms with Crippen LogP contribution in [0.15, 0.2) is 42.7 Å². The molecule has 2 unspecified atom stereocenters. The Labute approximate surface area is 101 Å². The molecule has 90 valence electrons. The Morgan fingerprint density at radius 2 is 2.06 bits per heavy atom. The fraction of sp³-hybridized carbons (Fsp3) is 0.357. The number of carbonyl (C=O) groups excluding carboxylic acids is 1. The Kier molecular flexibility index (Phi) is 3.94. The number of benzene rings is 1. The molecule has 1 heterocycles. The molecule has 0 spiro atoms. The second kappa shape index (κ2) is 5.64. The first-order valence-electron chi connectivity index (χ1n) is 5.75. The van der Waals surface area contributed by atoms with Crippen LogP contribution in [0.2, 0.25) is 0 Å². The molecule has 0 aromatic heterocycles. The fourth-order valence-electron chi connectivity index (χ4n) is 1.71. The molecule has 0 amide bonds. The summed E-state index contributed by atoms with van der Waals surface area (Å²) in [5, 5.41) is 0. The number of hydrogen-bond donors (Lipinski definition) is 0. The molecule has 0 saturated heterocycles. The summed E-state index contributed by atoms with van der Waals surface area (Å²) in [7, 11) is 0. The summed E-state index contributed by atoms with van der Waals surface area (Å²) < 4.78 is 10.9. The van der Waals surface area contributed by atoms with Gasteiger partial charge in [0.05, 0.1) is 25.4 Å². The number of allylic oxidation sites excluding steroid dienone is 1. The normalized spacial score (nSPS) is 23.5. The van der Waals surface area contributed by atoms with Crippen molar-refractivity contribution in [1.82, 2.24) is 0 Å². The van der Waals surface area contributed by atoms with Gasteiger partial charge in [-0.15, -0.1) is 0 Å². The molecule has 3 heteroatoms. The van der Waals surface area contributed by atoms with Crippen molar-refractivity contribution < 1.29 is 14.3 Å². The Balaban J connectivity index is 1.79. The molecule has 3 nitrogen and oxygen atoms in total. The highest BCUT2D eigenvalue weighted by Crippen LogP contribution is 2.16. The first-order chi connectivity index (χ1) is 8.27. The predicted octanol–water partition coefficient (Wildman–Crippen LogP) is 2.32. The second-order valence-electron chi connectivity index (χ2n) is 4.17. The molecule has 0 radical (unpaired) electrons. The first-order valence-corrected chi connectivity index (χ1v) is 5.75. The van der Waals surface area contributed by atoms with Crippen LogP contribution in [0.1, 0.15) is 12.5 Å². The molecule has 1 aromatic rings. The highest BCUT2D eigenvalue weighted by Gasteiger charge is 2.26. The van der Waals surface area contributed by atoms with E-state index in [1.165, 1.54) is 12.3 Å². The number of ketones is 1.